The van der Waals surface area contributed by atoms with Crippen LogP contribution in [0.15, 0.2) is 34.2 Å². The van der Waals surface area contributed by atoms with Crippen LogP contribution in [0.1, 0.15) is 35.7 Å². The lowest BCUT2D eigenvalue weighted by Gasteiger charge is -2.17. The third kappa shape index (κ3) is 4.90. The molecule has 7 nitrogen and oxygen atoms in total. The van der Waals surface area contributed by atoms with Crippen molar-refractivity contribution < 1.29 is 13.2 Å². The van der Waals surface area contributed by atoms with Gasteiger partial charge in [-0.3, -0.25) is 4.79 Å². The Morgan fingerprint density at radius 2 is 1.86 bits per heavy atom. The zero-order valence-corrected chi connectivity index (χ0v) is 17.7. The number of carbonyl (C=O) groups is 1. The third-order valence-corrected chi connectivity index (χ3v) is 6.72. The number of anilines is 1. The number of hydrogen-bond donors (Lipinski definition) is 2. The molecule has 1 aromatic heterocycles. The maximum atomic E-state index is 12.7. The van der Waals surface area contributed by atoms with Crippen LogP contribution >= 0.6 is 11.8 Å². The number of carbonyl (C=O) groups excluding carboxylic acids is 1. The molecule has 1 atom stereocenters. The maximum Gasteiger partial charge on any atom is 0.238 e. The van der Waals surface area contributed by atoms with Crippen LogP contribution in [0.2, 0.25) is 0 Å². The fraction of sp³-hybridized carbons (Fsp3) is 0.316. The zero-order chi connectivity index (χ0) is 21.1. The molecule has 1 amide bonds. The van der Waals surface area contributed by atoms with E-state index in [1.54, 1.807) is 0 Å². The van der Waals surface area contributed by atoms with Gasteiger partial charge < -0.3 is 5.32 Å². The van der Waals surface area contributed by atoms with E-state index in [2.05, 4.69) is 16.4 Å². The monoisotopic (exact) mass is 418 g/mol. The van der Waals surface area contributed by atoms with Gasteiger partial charge in [-0.2, -0.15) is 5.26 Å². The molecule has 1 aromatic carbocycles. The number of primary sulfonamides is 1. The van der Waals surface area contributed by atoms with Gasteiger partial charge in [0.1, 0.15) is 11.1 Å². The summed E-state index contributed by atoms with van der Waals surface area (Å²) < 4.78 is 22.6. The van der Waals surface area contributed by atoms with Crippen molar-refractivity contribution in [2.24, 2.45) is 5.14 Å². The summed E-state index contributed by atoms with van der Waals surface area (Å²) in [5.74, 6) is -0.252. The Kier molecular flexibility index (Phi) is 6.82. The van der Waals surface area contributed by atoms with Gasteiger partial charge in [-0.25, -0.2) is 18.5 Å². The summed E-state index contributed by atoms with van der Waals surface area (Å²) in [4.78, 5) is 17.2. The molecule has 0 aliphatic carbocycles. The first-order chi connectivity index (χ1) is 13.1. The highest BCUT2D eigenvalue weighted by molar-refractivity contribution is 8.00. The quantitative estimate of drug-likeness (QED) is 0.694. The number of nitrogens with zero attached hydrogens (tertiary/aromatic N) is 2. The second kappa shape index (κ2) is 8.73. The van der Waals surface area contributed by atoms with Gasteiger partial charge in [-0.15, -0.1) is 0 Å². The van der Waals surface area contributed by atoms with Gasteiger partial charge in [-0.05, 0) is 62.6 Å². The molecule has 2 rings (SSSR count). The van der Waals surface area contributed by atoms with Crippen LogP contribution in [0.4, 0.5) is 5.69 Å². The summed E-state index contributed by atoms with van der Waals surface area (Å²) in [6, 6.07) is 7.82. The van der Waals surface area contributed by atoms with E-state index in [0.29, 0.717) is 22.7 Å². The molecule has 2 aromatic rings. The van der Waals surface area contributed by atoms with E-state index in [-0.39, 0.29) is 10.8 Å². The molecule has 0 radical (unpaired) electrons. The average Bonchev–Trinajstić information content (AvgIpc) is 2.64. The summed E-state index contributed by atoms with van der Waals surface area (Å²) in [7, 11) is -3.78. The molecule has 0 saturated carbocycles. The van der Waals surface area contributed by atoms with Crippen molar-refractivity contribution in [1.82, 2.24) is 4.98 Å². The number of aryl methyl sites for hydroxylation is 1. The number of hydrogen-bond acceptors (Lipinski definition) is 6. The Morgan fingerprint density at radius 3 is 2.36 bits per heavy atom. The first-order valence-electron chi connectivity index (χ1n) is 8.56. The molecular weight excluding hydrogens is 396 g/mol. The number of sulfonamides is 1. The van der Waals surface area contributed by atoms with Crippen LogP contribution in [-0.4, -0.2) is 24.6 Å². The summed E-state index contributed by atoms with van der Waals surface area (Å²) in [5.41, 5.74) is 3.60. The smallest absolute Gasteiger partial charge is 0.238 e. The van der Waals surface area contributed by atoms with Crippen molar-refractivity contribution in [3.05, 3.63) is 46.6 Å². The lowest BCUT2D eigenvalue weighted by Crippen LogP contribution is -2.25. The highest BCUT2D eigenvalue weighted by Gasteiger charge is 2.22. The fourth-order valence-electron chi connectivity index (χ4n) is 2.54. The van der Waals surface area contributed by atoms with Crippen molar-refractivity contribution in [3.8, 4) is 6.07 Å². The number of thioether (sulfide) groups is 1. The Balaban J connectivity index is 2.22. The van der Waals surface area contributed by atoms with Crippen molar-refractivity contribution in [3.63, 3.8) is 0 Å². The highest BCUT2D eigenvalue weighted by atomic mass is 32.2. The molecule has 0 bridgehead atoms. The number of amides is 1. The number of rotatable bonds is 6. The molecule has 28 heavy (non-hydrogen) atoms. The number of nitriles is 1. The SMILES string of the molecule is CCC(Sc1nc(C)c(C)c(C)c1C#N)C(=O)Nc1ccc(S(N)(=O)=O)cc1. The van der Waals surface area contributed by atoms with Crippen LogP contribution in [0.25, 0.3) is 0 Å². The topological polar surface area (TPSA) is 126 Å². The van der Waals surface area contributed by atoms with Crippen molar-refractivity contribution >= 4 is 33.4 Å². The van der Waals surface area contributed by atoms with Crippen LogP contribution < -0.4 is 10.5 Å². The Bertz CT molecular complexity index is 1040. The predicted octanol–water partition coefficient (Wildman–Crippen LogP) is 3.04. The van der Waals surface area contributed by atoms with Crippen molar-refractivity contribution in [2.45, 2.75) is 49.3 Å². The van der Waals surface area contributed by atoms with Gasteiger partial charge in [0, 0.05) is 11.4 Å². The highest BCUT2D eigenvalue weighted by Crippen LogP contribution is 2.31. The number of aromatic nitrogens is 1. The fourth-order valence-corrected chi connectivity index (χ4v) is 4.16. The molecule has 148 valence electrons. The largest absolute Gasteiger partial charge is 0.325 e. The summed E-state index contributed by atoms with van der Waals surface area (Å²) in [6.07, 6.45) is 0.532. The first-order valence-corrected chi connectivity index (χ1v) is 11.0. The van der Waals surface area contributed by atoms with E-state index in [1.165, 1.54) is 36.0 Å². The second-order valence-electron chi connectivity index (χ2n) is 6.31. The lowest BCUT2D eigenvalue weighted by molar-refractivity contribution is -0.115. The second-order valence-corrected chi connectivity index (χ2v) is 9.07. The van der Waals surface area contributed by atoms with Gasteiger partial charge in [0.25, 0.3) is 0 Å². The number of pyridine rings is 1. The van der Waals surface area contributed by atoms with E-state index in [0.717, 1.165) is 16.8 Å². The average molecular weight is 419 g/mol. The van der Waals surface area contributed by atoms with E-state index in [1.807, 2.05) is 27.7 Å². The molecule has 1 heterocycles. The van der Waals surface area contributed by atoms with Crippen LogP contribution in [0.3, 0.4) is 0 Å². The Morgan fingerprint density at radius 1 is 1.25 bits per heavy atom. The van der Waals surface area contributed by atoms with Gasteiger partial charge in [-0.1, -0.05) is 18.7 Å². The summed E-state index contributed by atoms with van der Waals surface area (Å²) >= 11 is 1.25. The van der Waals surface area contributed by atoms with Crippen LogP contribution in [0.5, 0.6) is 0 Å². The maximum absolute atomic E-state index is 12.7. The van der Waals surface area contributed by atoms with E-state index >= 15 is 0 Å². The van der Waals surface area contributed by atoms with Gasteiger partial charge in [0.2, 0.25) is 15.9 Å². The Hall–Kier alpha value is -2.41. The van der Waals surface area contributed by atoms with E-state index in [9.17, 15) is 18.5 Å². The molecular formula is C19H22N4O3S2. The minimum atomic E-state index is -3.78. The predicted molar refractivity (Wildman–Crippen MR) is 110 cm³/mol. The van der Waals surface area contributed by atoms with Gasteiger partial charge >= 0.3 is 0 Å². The molecule has 3 N–H and O–H groups in total. The van der Waals surface area contributed by atoms with E-state index < -0.39 is 15.3 Å². The number of benzene rings is 1. The van der Waals surface area contributed by atoms with E-state index in [4.69, 9.17) is 5.14 Å². The van der Waals surface area contributed by atoms with Gasteiger partial charge in [0.15, 0.2) is 0 Å². The molecule has 9 heteroatoms. The zero-order valence-electron chi connectivity index (χ0n) is 16.1. The Labute approximate surface area is 169 Å². The molecule has 0 aliphatic heterocycles. The third-order valence-electron chi connectivity index (χ3n) is 4.44. The van der Waals surface area contributed by atoms with Crippen LogP contribution in [-0.2, 0) is 14.8 Å². The van der Waals surface area contributed by atoms with Crippen molar-refractivity contribution in [2.75, 3.05) is 5.32 Å². The molecule has 0 spiro atoms. The first kappa shape index (κ1) is 21.9. The van der Waals surface area contributed by atoms with Gasteiger partial charge in [0.05, 0.1) is 15.7 Å². The summed E-state index contributed by atoms with van der Waals surface area (Å²) in [6.45, 7) is 7.55. The lowest BCUT2D eigenvalue weighted by atomic mass is 10.1. The number of nitrogens with one attached hydrogen (secondary N) is 1. The number of nitrogens with two attached hydrogens (primary N) is 1. The standard InChI is InChI=1S/C19H22N4O3S2/c1-5-17(27-19-16(10-20)12(3)11(2)13(4)22-19)18(24)23-14-6-8-15(9-7-14)28(21,25)26/h6-9,17H,5H2,1-4H3,(H,23,24)(H2,21,25,26). The minimum absolute atomic E-state index is 0.0274. The molecule has 0 aliphatic rings. The molecule has 0 fully saturated rings. The molecule has 0 saturated heterocycles. The summed E-state index contributed by atoms with van der Waals surface area (Å²) in [5, 5.41) is 17.4. The molecule has 1 unspecified atom stereocenters. The van der Waals surface area contributed by atoms with Crippen LogP contribution in [0, 0.1) is 32.1 Å². The normalized spacial score (nSPS) is 12.3. The van der Waals surface area contributed by atoms with Crippen molar-refractivity contribution in [1.29, 1.82) is 5.26 Å². The minimum Gasteiger partial charge on any atom is -0.325 e.